The van der Waals surface area contributed by atoms with Crippen LogP contribution in [-0.4, -0.2) is 29.9 Å². The Hall–Kier alpha value is -2.43. The van der Waals surface area contributed by atoms with Gasteiger partial charge in [0.1, 0.15) is 0 Å². The predicted octanol–water partition coefficient (Wildman–Crippen LogP) is 0.698. The lowest BCUT2D eigenvalue weighted by Crippen LogP contribution is -2.51. The van der Waals surface area contributed by atoms with Crippen LogP contribution < -0.4 is 10.2 Å². The van der Waals surface area contributed by atoms with Gasteiger partial charge in [0.25, 0.3) is 0 Å². The van der Waals surface area contributed by atoms with E-state index in [4.69, 9.17) is 0 Å². The third-order valence-corrected chi connectivity index (χ3v) is 2.95. The van der Waals surface area contributed by atoms with Crippen LogP contribution in [0.1, 0.15) is 0 Å². The number of carbonyl (C=O) groups excluding carboxylic acids is 2. The van der Waals surface area contributed by atoms with Crippen molar-refractivity contribution >= 4 is 28.3 Å². The lowest BCUT2D eigenvalue weighted by atomic mass is 10.1. The molecule has 90 valence electrons. The van der Waals surface area contributed by atoms with Crippen molar-refractivity contribution in [3.05, 3.63) is 36.7 Å². The van der Waals surface area contributed by atoms with Crippen molar-refractivity contribution < 1.29 is 9.59 Å². The summed E-state index contributed by atoms with van der Waals surface area (Å²) in [5.41, 5.74) is 0.887. The number of aromatic nitrogens is 1. The fraction of sp³-hybridized carbons (Fsp3) is 0.154. The van der Waals surface area contributed by atoms with E-state index in [1.165, 1.54) is 0 Å². The molecule has 1 saturated heterocycles. The van der Waals surface area contributed by atoms with Crippen LogP contribution in [0.3, 0.4) is 0 Å². The van der Waals surface area contributed by atoms with Gasteiger partial charge in [-0.3, -0.25) is 19.9 Å². The smallest absolute Gasteiger partial charge is 0.246 e. The topological polar surface area (TPSA) is 62.3 Å². The maximum Gasteiger partial charge on any atom is 0.246 e. The molecule has 0 unspecified atom stereocenters. The molecule has 1 fully saturated rings. The second-order valence-corrected chi connectivity index (χ2v) is 4.20. The SMILES string of the molecule is O=C1CN(c2cccc3cnccc23)CC(=O)N1. The Morgan fingerprint density at radius 1 is 1.11 bits per heavy atom. The van der Waals surface area contributed by atoms with E-state index in [2.05, 4.69) is 10.3 Å². The van der Waals surface area contributed by atoms with E-state index in [-0.39, 0.29) is 24.9 Å². The fourth-order valence-corrected chi connectivity index (χ4v) is 2.19. The molecule has 0 spiro atoms. The minimum atomic E-state index is -0.266. The Morgan fingerprint density at radius 3 is 2.67 bits per heavy atom. The van der Waals surface area contributed by atoms with Gasteiger partial charge in [-0.2, -0.15) is 0 Å². The molecule has 5 nitrogen and oxygen atoms in total. The number of benzene rings is 1. The van der Waals surface area contributed by atoms with Crippen LogP contribution >= 0.6 is 0 Å². The molecule has 0 saturated carbocycles. The molecule has 18 heavy (non-hydrogen) atoms. The van der Waals surface area contributed by atoms with Gasteiger partial charge >= 0.3 is 0 Å². The first-order chi connectivity index (χ1) is 8.74. The third-order valence-electron chi connectivity index (χ3n) is 2.95. The molecular formula is C13H11N3O2. The summed E-state index contributed by atoms with van der Waals surface area (Å²) in [6, 6.07) is 7.66. The second-order valence-electron chi connectivity index (χ2n) is 4.20. The summed E-state index contributed by atoms with van der Waals surface area (Å²) in [4.78, 5) is 28.7. The van der Waals surface area contributed by atoms with Gasteiger partial charge in [-0.1, -0.05) is 12.1 Å². The molecule has 1 N–H and O–H groups in total. The highest BCUT2D eigenvalue weighted by atomic mass is 16.2. The average molecular weight is 241 g/mol. The summed E-state index contributed by atoms with van der Waals surface area (Å²) in [6.45, 7) is 0.403. The zero-order valence-corrected chi connectivity index (χ0v) is 9.59. The summed E-state index contributed by atoms with van der Waals surface area (Å²) < 4.78 is 0. The van der Waals surface area contributed by atoms with Gasteiger partial charge in [-0.15, -0.1) is 0 Å². The van der Waals surface area contributed by atoms with Crippen LogP contribution in [0.25, 0.3) is 10.8 Å². The molecule has 1 aliphatic rings. The summed E-state index contributed by atoms with van der Waals surface area (Å²) in [5.74, 6) is -0.533. The number of rotatable bonds is 1. The summed E-state index contributed by atoms with van der Waals surface area (Å²) >= 11 is 0. The molecule has 5 heteroatoms. The van der Waals surface area contributed by atoms with E-state index in [1.54, 1.807) is 17.3 Å². The van der Waals surface area contributed by atoms with E-state index in [0.29, 0.717) is 0 Å². The Kier molecular flexibility index (Phi) is 2.44. The molecule has 0 radical (unpaired) electrons. The zero-order valence-electron chi connectivity index (χ0n) is 9.59. The molecule has 1 aliphatic heterocycles. The Morgan fingerprint density at radius 2 is 1.89 bits per heavy atom. The van der Waals surface area contributed by atoms with E-state index < -0.39 is 0 Å². The molecule has 0 bridgehead atoms. The number of piperazine rings is 1. The van der Waals surface area contributed by atoms with Gasteiger partial charge in [-0.05, 0) is 12.1 Å². The van der Waals surface area contributed by atoms with Gasteiger partial charge in [0.05, 0.1) is 13.1 Å². The molecule has 2 amide bonds. The fourth-order valence-electron chi connectivity index (χ4n) is 2.19. The number of anilines is 1. The van der Waals surface area contributed by atoms with Crippen molar-refractivity contribution in [2.75, 3.05) is 18.0 Å². The van der Waals surface area contributed by atoms with Crippen molar-refractivity contribution in [2.45, 2.75) is 0 Å². The number of hydrogen-bond donors (Lipinski definition) is 1. The first kappa shape index (κ1) is 10.7. The van der Waals surface area contributed by atoms with Gasteiger partial charge in [-0.25, -0.2) is 0 Å². The second kappa shape index (κ2) is 4.10. The Balaban J connectivity index is 2.08. The number of carbonyl (C=O) groups is 2. The molecular weight excluding hydrogens is 230 g/mol. The summed E-state index contributed by atoms with van der Waals surface area (Å²) in [5, 5.41) is 4.28. The van der Waals surface area contributed by atoms with E-state index in [1.807, 2.05) is 24.3 Å². The van der Waals surface area contributed by atoms with Crippen LogP contribution in [0, 0.1) is 0 Å². The van der Waals surface area contributed by atoms with Crippen molar-refractivity contribution in [2.24, 2.45) is 0 Å². The van der Waals surface area contributed by atoms with Crippen LogP contribution in [-0.2, 0) is 9.59 Å². The van der Waals surface area contributed by atoms with Crippen molar-refractivity contribution in [3.8, 4) is 0 Å². The summed E-state index contributed by atoms with van der Waals surface area (Å²) in [6.07, 6.45) is 3.47. The molecule has 2 aromatic rings. The number of fused-ring (bicyclic) bond motifs is 1. The van der Waals surface area contributed by atoms with E-state index >= 15 is 0 Å². The van der Waals surface area contributed by atoms with Crippen molar-refractivity contribution in [3.63, 3.8) is 0 Å². The maximum atomic E-state index is 11.4. The van der Waals surface area contributed by atoms with Gasteiger partial charge in [0.15, 0.2) is 0 Å². The zero-order chi connectivity index (χ0) is 12.5. The minimum Gasteiger partial charge on any atom is -0.352 e. The van der Waals surface area contributed by atoms with E-state index in [9.17, 15) is 9.59 Å². The maximum absolute atomic E-state index is 11.4. The van der Waals surface area contributed by atoms with Gasteiger partial charge in [0, 0.05) is 28.9 Å². The number of hydrogen-bond acceptors (Lipinski definition) is 4. The average Bonchev–Trinajstić information content (AvgIpc) is 2.37. The van der Waals surface area contributed by atoms with Crippen LogP contribution in [0.4, 0.5) is 5.69 Å². The first-order valence-corrected chi connectivity index (χ1v) is 5.64. The standard InChI is InChI=1S/C13H11N3O2/c17-12-7-16(8-13(18)15-12)11-3-1-2-9-6-14-5-4-10(9)11/h1-6H,7-8H2,(H,15,17,18). The number of amides is 2. The Bertz CT molecular complexity index is 618. The highest BCUT2D eigenvalue weighted by Crippen LogP contribution is 2.26. The van der Waals surface area contributed by atoms with Crippen LogP contribution in [0.2, 0.25) is 0 Å². The number of imide groups is 1. The highest BCUT2D eigenvalue weighted by Gasteiger charge is 2.23. The van der Waals surface area contributed by atoms with Crippen molar-refractivity contribution in [1.82, 2.24) is 10.3 Å². The minimum absolute atomic E-state index is 0.202. The largest absolute Gasteiger partial charge is 0.352 e. The number of nitrogens with zero attached hydrogens (tertiary/aromatic N) is 2. The monoisotopic (exact) mass is 241 g/mol. The van der Waals surface area contributed by atoms with Crippen molar-refractivity contribution in [1.29, 1.82) is 0 Å². The molecule has 0 aliphatic carbocycles. The third kappa shape index (κ3) is 1.79. The number of nitrogens with one attached hydrogen (secondary N) is 1. The van der Waals surface area contributed by atoms with Crippen LogP contribution in [0.15, 0.2) is 36.7 Å². The molecule has 0 atom stereocenters. The normalized spacial score (nSPS) is 15.9. The molecule has 1 aromatic carbocycles. The van der Waals surface area contributed by atoms with Crippen LogP contribution in [0.5, 0.6) is 0 Å². The first-order valence-electron chi connectivity index (χ1n) is 5.64. The molecule has 3 rings (SSSR count). The lowest BCUT2D eigenvalue weighted by Gasteiger charge is -2.28. The van der Waals surface area contributed by atoms with E-state index in [0.717, 1.165) is 16.5 Å². The predicted molar refractivity (Wildman–Crippen MR) is 67.1 cm³/mol. The Labute approximate surface area is 103 Å². The lowest BCUT2D eigenvalue weighted by molar-refractivity contribution is -0.130. The molecule has 1 aromatic heterocycles. The van der Waals surface area contributed by atoms with Gasteiger partial charge in [0.2, 0.25) is 11.8 Å². The number of pyridine rings is 1. The highest BCUT2D eigenvalue weighted by molar-refractivity contribution is 6.05. The van der Waals surface area contributed by atoms with Gasteiger partial charge < -0.3 is 4.90 Å². The quantitative estimate of drug-likeness (QED) is 0.746. The molecule has 2 heterocycles. The summed E-state index contributed by atoms with van der Waals surface area (Å²) in [7, 11) is 0.